The number of nitrogens with zero attached hydrogens (tertiary/aromatic N) is 2. The van der Waals surface area contributed by atoms with Crippen LogP contribution in [0.25, 0.3) is 22.0 Å². The highest BCUT2D eigenvalue weighted by atomic mass is 15.1. The van der Waals surface area contributed by atoms with Crippen molar-refractivity contribution in [3.8, 4) is 11.1 Å². The lowest BCUT2D eigenvalue weighted by Gasteiger charge is -2.11. The molecule has 1 N–H and O–H groups in total. The lowest BCUT2D eigenvalue weighted by molar-refractivity contribution is 0.826. The second-order valence-electron chi connectivity index (χ2n) is 4.76. The summed E-state index contributed by atoms with van der Waals surface area (Å²) in [7, 11) is 0. The van der Waals surface area contributed by atoms with E-state index in [-0.39, 0.29) is 0 Å². The predicted molar refractivity (Wildman–Crippen MR) is 73.4 cm³/mol. The van der Waals surface area contributed by atoms with Gasteiger partial charge in [-0.05, 0) is 29.7 Å². The Balaban J connectivity index is 2.19. The van der Waals surface area contributed by atoms with Crippen molar-refractivity contribution < 1.29 is 0 Å². The Morgan fingerprint density at radius 1 is 1.17 bits per heavy atom. The van der Waals surface area contributed by atoms with Gasteiger partial charge in [0.15, 0.2) is 0 Å². The van der Waals surface area contributed by atoms with Gasteiger partial charge in [0.2, 0.25) is 0 Å². The maximum atomic E-state index is 4.50. The summed E-state index contributed by atoms with van der Waals surface area (Å²) in [5, 5.41) is 8.15. The number of benzene rings is 1. The molecule has 0 bridgehead atoms. The molecule has 3 nitrogen and oxygen atoms in total. The minimum absolute atomic E-state index is 0.418. The third-order valence-electron chi connectivity index (χ3n) is 3.14. The van der Waals surface area contributed by atoms with Crippen LogP contribution in [0.2, 0.25) is 0 Å². The summed E-state index contributed by atoms with van der Waals surface area (Å²) in [5.41, 5.74) is 4.60. The van der Waals surface area contributed by atoms with Crippen LogP contribution in [0.15, 0.2) is 42.7 Å². The van der Waals surface area contributed by atoms with Crippen LogP contribution >= 0.6 is 0 Å². The number of aromatic nitrogens is 3. The third-order valence-corrected chi connectivity index (χ3v) is 3.14. The van der Waals surface area contributed by atoms with E-state index in [0.29, 0.717) is 5.92 Å². The molecule has 3 rings (SSSR count). The van der Waals surface area contributed by atoms with Crippen molar-refractivity contribution in [3.05, 3.63) is 48.4 Å². The zero-order valence-electron chi connectivity index (χ0n) is 10.5. The molecule has 0 aliphatic carbocycles. The van der Waals surface area contributed by atoms with E-state index in [1.807, 2.05) is 18.5 Å². The van der Waals surface area contributed by atoms with Gasteiger partial charge in [0.1, 0.15) is 0 Å². The first-order chi connectivity index (χ1) is 8.75. The van der Waals surface area contributed by atoms with E-state index in [4.69, 9.17) is 0 Å². The molecule has 0 atom stereocenters. The van der Waals surface area contributed by atoms with Crippen molar-refractivity contribution in [1.82, 2.24) is 15.2 Å². The Hall–Kier alpha value is -2.16. The van der Waals surface area contributed by atoms with Gasteiger partial charge in [0.25, 0.3) is 0 Å². The van der Waals surface area contributed by atoms with Crippen LogP contribution < -0.4 is 0 Å². The van der Waals surface area contributed by atoms with E-state index in [1.54, 1.807) is 0 Å². The first kappa shape index (κ1) is 11.0. The van der Waals surface area contributed by atoms with Gasteiger partial charge >= 0.3 is 0 Å². The number of hydrogen-bond acceptors (Lipinski definition) is 2. The minimum atomic E-state index is 0.418. The Bertz CT molecular complexity index is 683. The number of aromatic amines is 1. The van der Waals surface area contributed by atoms with Gasteiger partial charge < -0.3 is 0 Å². The number of nitrogens with one attached hydrogen (secondary N) is 1. The number of rotatable bonds is 2. The fraction of sp³-hybridized carbons (Fsp3) is 0.200. The van der Waals surface area contributed by atoms with E-state index in [2.05, 4.69) is 53.3 Å². The molecule has 3 aromatic rings. The highest BCUT2D eigenvalue weighted by Crippen LogP contribution is 2.29. The van der Waals surface area contributed by atoms with E-state index >= 15 is 0 Å². The van der Waals surface area contributed by atoms with E-state index < -0.39 is 0 Å². The van der Waals surface area contributed by atoms with Crippen molar-refractivity contribution in [2.24, 2.45) is 0 Å². The molecular weight excluding hydrogens is 222 g/mol. The van der Waals surface area contributed by atoms with Gasteiger partial charge in [-0.2, -0.15) is 5.10 Å². The van der Waals surface area contributed by atoms with Crippen LogP contribution in [0, 0.1) is 0 Å². The van der Waals surface area contributed by atoms with Gasteiger partial charge in [0, 0.05) is 17.1 Å². The van der Waals surface area contributed by atoms with Crippen molar-refractivity contribution >= 4 is 10.9 Å². The lowest BCUT2D eigenvalue weighted by atomic mass is 9.97. The minimum Gasteiger partial charge on any atom is -0.278 e. The van der Waals surface area contributed by atoms with Gasteiger partial charge in [-0.15, -0.1) is 0 Å². The van der Waals surface area contributed by atoms with Crippen LogP contribution in [0.5, 0.6) is 0 Å². The van der Waals surface area contributed by atoms with Gasteiger partial charge in [-0.25, -0.2) is 0 Å². The number of H-pyrrole nitrogens is 1. The molecule has 18 heavy (non-hydrogen) atoms. The van der Waals surface area contributed by atoms with Gasteiger partial charge in [-0.1, -0.05) is 26.0 Å². The molecule has 2 aromatic heterocycles. The maximum Gasteiger partial charge on any atom is 0.0650 e. The van der Waals surface area contributed by atoms with Crippen LogP contribution in [0.4, 0.5) is 0 Å². The molecule has 90 valence electrons. The summed E-state index contributed by atoms with van der Waals surface area (Å²) in [4.78, 5) is 4.50. The van der Waals surface area contributed by atoms with E-state index in [0.717, 1.165) is 16.6 Å². The zero-order valence-corrected chi connectivity index (χ0v) is 10.5. The molecule has 0 aliphatic rings. The summed E-state index contributed by atoms with van der Waals surface area (Å²) >= 11 is 0. The third kappa shape index (κ3) is 1.78. The van der Waals surface area contributed by atoms with E-state index in [9.17, 15) is 0 Å². The molecule has 0 unspecified atom stereocenters. The van der Waals surface area contributed by atoms with Crippen LogP contribution in [0.3, 0.4) is 0 Å². The summed E-state index contributed by atoms with van der Waals surface area (Å²) in [6.45, 7) is 4.34. The quantitative estimate of drug-likeness (QED) is 0.737. The second kappa shape index (κ2) is 4.26. The van der Waals surface area contributed by atoms with Crippen LogP contribution in [-0.4, -0.2) is 15.2 Å². The Morgan fingerprint density at radius 2 is 2.06 bits per heavy atom. The summed E-state index contributed by atoms with van der Waals surface area (Å²) in [6, 6.07) is 10.4. The Kier molecular flexibility index (Phi) is 2.59. The van der Waals surface area contributed by atoms with Crippen LogP contribution in [0.1, 0.15) is 25.5 Å². The first-order valence-electron chi connectivity index (χ1n) is 6.14. The average Bonchev–Trinajstić information content (AvgIpc) is 2.85. The SMILES string of the molecule is CC(C)c1ncccc1-c1ccc2[nH]ncc2c1. The molecule has 2 heterocycles. The summed E-state index contributed by atoms with van der Waals surface area (Å²) in [5.74, 6) is 0.418. The number of hydrogen-bond donors (Lipinski definition) is 1. The Labute approximate surface area is 106 Å². The number of pyridine rings is 1. The highest BCUT2D eigenvalue weighted by molar-refractivity contribution is 5.84. The molecule has 0 radical (unpaired) electrons. The first-order valence-corrected chi connectivity index (χ1v) is 6.14. The molecule has 0 saturated carbocycles. The fourth-order valence-electron chi connectivity index (χ4n) is 2.23. The molecule has 0 saturated heterocycles. The summed E-state index contributed by atoms with van der Waals surface area (Å²) in [6.07, 6.45) is 3.71. The standard InChI is InChI=1S/C15H15N3/c1-10(2)15-13(4-3-7-16-15)11-5-6-14-12(8-11)9-17-18-14/h3-10H,1-2H3,(H,17,18). The molecule has 0 spiro atoms. The molecule has 1 aromatic carbocycles. The van der Waals surface area contributed by atoms with Crippen molar-refractivity contribution in [3.63, 3.8) is 0 Å². The van der Waals surface area contributed by atoms with Gasteiger partial charge in [0.05, 0.1) is 17.4 Å². The summed E-state index contributed by atoms with van der Waals surface area (Å²) < 4.78 is 0. The van der Waals surface area contributed by atoms with Crippen LogP contribution in [-0.2, 0) is 0 Å². The van der Waals surface area contributed by atoms with E-state index in [1.165, 1.54) is 11.1 Å². The Morgan fingerprint density at radius 3 is 2.89 bits per heavy atom. The van der Waals surface area contributed by atoms with Gasteiger partial charge in [-0.3, -0.25) is 10.1 Å². The normalized spacial score (nSPS) is 11.3. The van der Waals surface area contributed by atoms with Crippen molar-refractivity contribution in [2.75, 3.05) is 0 Å². The topological polar surface area (TPSA) is 41.6 Å². The molecule has 0 aliphatic heterocycles. The average molecular weight is 237 g/mol. The van der Waals surface area contributed by atoms with Crippen molar-refractivity contribution in [1.29, 1.82) is 0 Å². The lowest BCUT2D eigenvalue weighted by Crippen LogP contribution is -1.95. The monoisotopic (exact) mass is 237 g/mol. The molecule has 0 amide bonds. The number of fused-ring (bicyclic) bond motifs is 1. The highest BCUT2D eigenvalue weighted by Gasteiger charge is 2.10. The fourth-order valence-corrected chi connectivity index (χ4v) is 2.23. The smallest absolute Gasteiger partial charge is 0.0650 e. The molecule has 3 heteroatoms. The second-order valence-corrected chi connectivity index (χ2v) is 4.76. The predicted octanol–water partition coefficient (Wildman–Crippen LogP) is 3.75. The zero-order chi connectivity index (χ0) is 12.5. The largest absolute Gasteiger partial charge is 0.278 e. The van der Waals surface area contributed by atoms with Crippen molar-refractivity contribution in [2.45, 2.75) is 19.8 Å². The maximum absolute atomic E-state index is 4.50. The molecular formula is C15H15N3. The molecule has 0 fully saturated rings.